The molecule has 10 heteroatoms. The van der Waals surface area contributed by atoms with Crippen LogP contribution in [-0.4, -0.2) is 50.6 Å². The van der Waals surface area contributed by atoms with Crippen LogP contribution in [0.15, 0.2) is 47.1 Å². The number of aromatic nitrogens is 4. The van der Waals surface area contributed by atoms with Gasteiger partial charge in [0.2, 0.25) is 0 Å². The Kier molecular flexibility index (Phi) is 6.00. The highest BCUT2D eigenvalue weighted by molar-refractivity contribution is 6.00. The number of carbonyl (C=O) groups is 1. The highest BCUT2D eigenvalue weighted by Gasteiger charge is 2.25. The molecule has 1 saturated heterocycles. The molecule has 2 atom stereocenters. The number of pyridine rings is 1. The molecule has 5 rings (SSSR count). The van der Waals surface area contributed by atoms with Gasteiger partial charge in [-0.05, 0) is 49.9 Å². The van der Waals surface area contributed by atoms with Crippen LogP contribution >= 0.6 is 0 Å². The number of anilines is 1. The molecule has 0 radical (unpaired) electrons. The number of hydrogen-bond donors (Lipinski definition) is 4. The van der Waals surface area contributed by atoms with Crippen molar-refractivity contribution in [2.45, 2.75) is 44.9 Å². The highest BCUT2D eigenvalue weighted by atomic mass is 16.5. The third-order valence-electron chi connectivity index (χ3n) is 6.15. The molecule has 0 bridgehead atoms. The van der Waals surface area contributed by atoms with Crippen molar-refractivity contribution in [2.24, 2.45) is 0 Å². The summed E-state index contributed by atoms with van der Waals surface area (Å²) >= 11 is 0. The lowest BCUT2D eigenvalue weighted by molar-refractivity contribution is 0.0474. The van der Waals surface area contributed by atoms with Gasteiger partial charge in [0.1, 0.15) is 5.60 Å². The lowest BCUT2D eigenvalue weighted by atomic mass is 9.99. The molecule has 0 aliphatic carbocycles. The summed E-state index contributed by atoms with van der Waals surface area (Å²) in [6.07, 6.45) is 2.70. The van der Waals surface area contributed by atoms with Crippen LogP contribution in [0, 0.1) is 0 Å². The van der Waals surface area contributed by atoms with Crippen LogP contribution < -0.4 is 10.6 Å². The Labute approximate surface area is 202 Å². The predicted octanol–water partition coefficient (Wildman–Crippen LogP) is 3.53. The topological polar surface area (TPSA) is 138 Å². The van der Waals surface area contributed by atoms with E-state index in [1.165, 1.54) is 6.07 Å². The van der Waals surface area contributed by atoms with Crippen molar-refractivity contribution in [3.05, 3.63) is 59.6 Å². The molecule has 1 fully saturated rings. The number of benzene rings is 1. The molecule has 1 amide bonds. The van der Waals surface area contributed by atoms with Crippen molar-refractivity contribution in [3.8, 4) is 11.1 Å². The Bertz CT molecular complexity index is 1330. The summed E-state index contributed by atoms with van der Waals surface area (Å²) < 4.78 is 10.6. The van der Waals surface area contributed by atoms with Gasteiger partial charge in [-0.15, -0.1) is 0 Å². The summed E-state index contributed by atoms with van der Waals surface area (Å²) in [5.74, 6) is 0.625. The van der Waals surface area contributed by atoms with E-state index in [-0.39, 0.29) is 29.4 Å². The van der Waals surface area contributed by atoms with Crippen molar-refractivity contribution in [2.75, 3.05) is 18.5 Å². The van der Waals surface area contributed by atoms with Crippen molar-refractivity contribution in [1.29, 1.82) is 0 Å². The standard InChI is InChI=1S/C25H28N6O4/c1-14(27-24(32)19-12-20(35-31-19)25(2,3)33)15-4-6-16(7-5-15)18-8-10-26-22-21(18)23(30-29-22)28-17-9-11-34-13-17/h4-8,10,12,14,17,33H,9,11,13H2,1-3H3,(H,27,32)(H2,26,28,29,30)/t14-,17?/m1/s1. The number of amides is 1. The van der Waals surface area contributed by atoms with Crippen molar-refractivity contribution >= 4 is 22.8 Å². The summed E-state index contributed by atoms with van der Waals surface area (Å²) in [7, 11) is 0. The zero-order valence-electron chi connectivity index (χ0n) is 19.8. The number of aromatic amines is 1. The van der Waals surface area contributed by atoms with E-state index in [1.54, 1.807) is 20.0 Å². The number of aliphatic hydroxyl groups is 1. The fraction of sp³-hybridized carbons (Fsp3) is 0.360. The monoisotopic (exact) mass is 476 g/mol. The van der Waals surface area contributed by atoms with Gasteiger partial charge in [-0.25, -0.2) is 4.98 Å². The van der Waals surface area contributed by atoms with E-state index in [0.29, 0.717) is 12.3 Å². The van der Waals surface area contributed by atoms with Crippen LogP contribution in [-0.2, 0) is 10.3 Å². The van der Waals surface area contributed by atoms with Crippen LogP contribution in [0.3, 0.4) is 0 Å². The molecule has 1 aromatic carbocycles. The maximum Gasteiger partial charge on any atom is 0.273 e. The number of nitrogens with one attached hydrogen (secondary N) is 3. The molecule has 4 N–H and O–H groups in total. The minimum Gasteiger partial charge on any atom is -0.382 e. The van der Waals surface area contributed by atoms with Gasteiger partial charge in [0.05, 0.1) is 24.1 Å². The molecule has 1 aliphatic heterocycles. The maximum atomic E-state index is 12.6. The predicted molar refractivity (Wildman–Crippen MR) is 130 cm³/mol. The second-order valence-electron chi connectivity index (χ2n) is 9.31. The highest BCUT2D eigenvalue weighted by Crippen LogP contribution is 2.33. The van der Waals surface area contributed by atoms with Crippen LogP contribution in [0.5, 0.6) is 0 Å². The molecule has 1 unspecified atom stereocenters. The number of fused-ring (bicyclic) bond motifs is 1. The van der Waals surface area contributed by atoms with Gasteiger partial charge in [-0.3, -0.25) is 9.89 Å². The first-order valence-corrected chi connectivity index (χ1v) is 11.6. The SMILES string of the molecule is C[C@@H](NC(=O)c1cc(C(C)(C)O)on1)c1ccc(-c2ccnc3[nH]nc(NC4CCOC4)c23)cc1. The number of nitrogens with zero attached hydrogens (tertiary/aromatic N) is 3. The summed E-state index contributed by atoms with van der Waals surface area (Å²) in [5.41, 5.74) is 2.59. The average Bonchev–Trinajstić information content (AvgIpc) is 3.60. The first-order chi connectivity index (χ1) is 16.8. The first kappa shape index (κ1) is 23.0. The summed E-state index contributed by atoms with van der Waals surface area (Å²) in [6.45, 7) is 6.45. The van der Waals surface area contributed by atoms with Gasteiger partial charge in [0.15, 0.2) is 22.9 Å². The minimum atomic E-state index is -1.21. The lowest BCUT2D eigenvalue weighted by Crippen LogP contribution is -2.27. The zero-order valence-corrected chi connectivity index (χ0v) is 19.8. The Hall–Kier alpha value is -3.76. The number of hydrogen-bond acceptors (Lipinski definition) is 8. The van der Waals surface area contributed by atoms with Gasteiger partial charge in [-0.2, -0.15) is 5.10 Å². The van der Waals surface area contributed by atoms with Gasteiger partial charge >= 0.3 is 0 Å². The molecule has 4 aromatic rings. The smallest absolute Gasteiger partial charge is 0.273 e. The molecule has 4 heterocycles. The summed E-state index contributed by atoms with van der Waals surface area (Å²) in [6, 6.07) is 11.4. The van der Waals surface area contributed by atoms with Crippen LogP contribution in [0.1, 0.15) is 55.0 Å². The normalized spacial score (nSPS) is 17.0. The van der Waals surface area contributed by atoms with Gasteiger partial charge in [0.25, 0.3) is 5.91 Å². The molecule has 35 heavy (non-hydrogen) atoms. The Morgan fingerprint density at radius 3 is 2.74 bits per heavy atom. The molecule has 1 aliphatic rings. The number of rotatable bonds is 7. The van der Waals surface area contributed by atoms with Gasteiger partial charge in [-0.1, -0.05) is 29.4 Å². The fourth-order valence-corrected chi connectivity index (χ4v) is 4.11. The third-order valence-corrected chi connectivity index (χ3v) is 6.15. The molecule has 0 spiro atoms. The van der Waals surface area contributed by atoms with Crippen molar-refractivity contribution in [3.63, 3.8) is 0 Å². The van der Waals surface area contributed by atoms with E-state index < -0.39 is 5.60 Å². The van der Waals surface area contributed by atoms with E-state index in [2.05, 4.69) is 31.0 Å². The Balaban J connectivity index is 1.33. The average molecular weight is 477 g/mol. The van der Waals surface area contributed by atoms with Crippen LogP contribution in [0.2, 0.25) is 0 Å². The second-order valence-corrected chi connectivity index (χ2v) is 9.31. The van der Waals surface area contributed by atoms with Crippen molar-refractivity contribution in [1.82, 2.24) is 25.7 Å². The molecule has 182 valence electrons. The van der Waals surface area contributed by atoms with Crippen molar-refractivity contribution < 1.29 is 19.2 Å². The first-order valence-electron chi connectivity index (χ1n) is 11.6. The molecule has 3 aromatic heterocycles. The minimum absolute atomic E-state index is 0.123. The van der Waals surface area contributed by atoms with E-state index in [9.17, 15) is 9.90 Å². The van der Waals surface area contributed by atoms with E-state index in [4.69, 9.17) is 9.26 Å². The molecular formula is C25H28N6O4. The summed E-state index contributed by atoms with van der Waals surface area (Å²) in [5, 5.41) is 28.6. The lowest BCUT2D eigenvalue weighted by Gasteiger charge is -2.15. The molecular weight excluding hydrogens is 448 g/mol. The zero-order chi connectivity index (χ0) is 24.6. The fourth-order valence-electron chi connectivity index (χ4n) is 4.11. The van der Waals surface area contributed by atoms with Crippen LogP contribution in [0.4, 0.5) is 5.82 Å². The Morgan fingerprint density at radius 2 is 2.06 bits per heavy atom. The summed E-state index contributed by atoms with van der Waals surface area (Å²) in [4.78, 5) is 17.0. The quantitative estimate of drug-likeness (QED) is 0.318. The van der Waals surface area contributed by atoms with Crippen LogP contribution in [0.25, 0.3) is 22.2 Å². The second kappa shape index (κ2) is 9.12. The maximum absolute atomic E-state index is 12.6. The van der Waals surface area contributed by atoms with Gasteiger partial charge in [0, 0.05) is 18.9 Å². The van der Waals surface area contributed by atoms with E-state index >= 15 is 0 Å². The molecule has 10 nitrogen and oxygen atoms in total. The van der Waals surface area contributed by atoms with E-state index in [1.807, 2.05) is 37.3 Å². The number of carbonyl (C=O) groups excluding carboxylic acids is 1. The van der Waals surface area contributed by atoms with Gasteiger partial charge < -0.3 is 25.0 Å². The Morgan fingerprint density at radius 1 is 1.26 bits per heavy atom. The number of ether oxygens (including phenoxy) is 1. The van der Waals surface area contributed by atoms with E-state index in [0.717, 1.165) is 40.9 Å². The largest absolute Gasteiger partial charge is 0.382 e. The third kappa shape index (κ3) is 4.75. The number of H-pyrrole nitrogens is 1. The molecule has 0 saturated carbocycles.